The Kier molecular flexibility index (Phi) is 12.7. The van der Waals surface area contributed by atoms with Gasteiger partial charge in [0.25, 0.3) is 5.91 Å². The Hall–Kier alpha value is -7.31. The second-order valence-corrected chi connectivity index (χ2v) is 18.9. The van der Waals surface area contributed by atoms with Gasteiger partial charge >= 0.3 is 12.4 Å². The molecule has 6 aromatic carbocycles. The third kappa shape index (κ3) is 10.3. The summed E-state index contributed by atoms with van der Waals surface area (Å²) in [7, 11) is -6.85. The van der Waals surface area contributed by atoms with Crippen molar-refractivity contribution in [2.45, 2.75) is 29.1 Å². The summed E-state index contributed by atoms with van der Waals surface area (Å²) in [6, 6.07) is 32.8. The molecule has 2 N–H and O–H groups in total. The summed E-state index contributed by atoms with van der Waals surface area (Å²) >= 11 is 0. The summed E-state index contributed by atoms with van der Waals surface area (Å²) in [6.07, 6.45) is -4.53. The molecule has 0 saturated carbocycles. The molecule has 0 aliphatic heterocycles. The topological polar surface area (TPSA) is 156 Å². The van der Waals surface area contributed by atoms with Gasteiger partial charge in [-0.05, 0) is 102 Å². The predicted molar refractivity (Wildman–Crippen MR) is 237 cm³/mol. The number of carbonyl (C=O) groups excluding carboxylic acids is 1. The lowest BCUT2D eigenvalue weighted by atomic mass is 9.94. The van der Waals surface area contributed by atoms with Crippen molar-refractivity contribution in [1.29, 1.82) is 0 Å². The molecule has 18 heteroatoms. The van der Waals surface area contributed by atoms with E-state index in [0.29, 0.717) is 39.1 Å². The van der Waals surface area contributed by atoms with Crippen molar-refractivity contribution in [1.82, 2.24) is 9.97 Å². The molecule has 0 unspecified atom stereocenters. The first-order valence-corrected chi connectivity index (χ1v) is 23.2. The Labute approximate surface area is 374 Å². The van der Waals surface area contributed by atoms with E-state index in [1.54, 1.807) is 73.7 Å². The average Bonchev–Trinajstić information content (AvgIpc) is 3.25. The van der Waals surface area contributed by atoms with Crippen molar-refractivity contribution in [3.8, 4) is 45.3 Å². The van der Waals surface area contributed by atoms with Crippen LogP contribution in [0.4, 0.5) is 26.3 Å². The maximum absolute atomic E-state index is 13.5. The number of aromatic nitrogens is 2. The van der Waals surface area contributed by atoms with Gasteiger partial charge in [-0.25, -0.2) is 16.8 Å². The number of fused-ring (bicyclic) bond motifs is 2. The number of ether oxygens (including phenoxy) is 2. The van der Waals surface area contributed by atoms with E-state index in [-0.39, 0.29) is 48.8 Å². The molecule has 8 aromatic rings. The van der Waals surface area contributed by atoms with E-state index in [0.717, 1.165) is 30.8 Å². The fourth-order valence-electron chi connectivity index (χ4n) is 7.12. The lowest BCUT2D eigenvalue weighted by molar-refractivity contribution is -0.137. The molecule has 0 aliphatic rings. The molecule has 0 fully saturated rings. The highest BCUT2D eigenvalue weighted by Gasteiger charge is 2.35. The molecule has 2 aromatic heterocycles. The van der Waals surface area contributed by atoms with Crippen molar-refractivity contribution < 1.29 is 57.4 Å². The SMILES string of the molecule is CS(=O)(=O)c1cccc(Oc2cccc(-c3c(C(N)=O)cnc4c(C(F)(F)F)cccc34)c2)c1.Cc1cnc2c(C(F)(F)F)cccc2c1-c1cccc(Oc2cccc(S(C)(=O)=O)c2)c1. The highest BCUT2D eigenvalue weighted by Crippen LogP contribution is 2.41. The third-order valence-electron chi connectivity index (χ3n) is 10.0. The van der Waals surface area contributed by atoms with Gasteiger partial charge in [-0.15, -0.1) is 0 Å². The quantitative estimate of drug-likeness (QED) is 0.139. The number of nitrogens with two attached hydrogens (primary N) is 1. The molecule has 2 heterocycles. The van der Waals surface area contributed by atoms with Gasteiger partial charge in [0.1, 0.15) is 23.0 Å². The van der Waals surface area contributed by atoms with Crippen LogP contribution in [0.3, 0.4) is 0 Å². The lowest BCUT2D eigenvalue weighted by Gasteiger charge is -2.15. The molecular weight excluding hydrogens is 909 g/mol. The molecule has 0 radical (unpaired) electrons. The van der Waals surface area contributed by atoms with Crippen LogP contribution in [-0.4, -0.2) is 45.2 Å². The Morgan fingerprint density at radius 3 is 1.33 bits per heavy atom. The van der Waals surface area contributed by atoms with E-state index in [9.17, 15) is 48.0 Å². The van der Waals surface area contributed by atoms with E-state index in [1.807, 2.05) is 0 Å². The second kappa shape index (κ2) is 17.9. The Morgan fingerprint density at radius 1 is 0.530 bits per heavy atom. The molecule has 0 bridgehead atoms. The van der Waals surface area contributed by atoms with Crippen molar-refractivity contribution in [2.75, 3.05) is 12.5 Å². The zero-order valence-electron chi connectivity index (χ0n) is 34.8. The molecule has 0 aliphatic carbocycles. The predicted octanol–water partition coefficient (Wildman–Crippen LogP) is 11.6. The highest BCUT2D eigenvalue weighted by atomic mass is 32.2. The second-order valence-electron chi connectivity index (χ2n) is 14.9. The van der Waals surface area contributed by atoms with Crippen LogP contribution in [0.2, 0.25) is 0 Å². The smallest absolute Gasteiger partial charge is 0.418 e. The number of amides is 1. The standard InChI is InChI=1S/C24H17F3N2O4S.C24H18F3NO3S/c1-34(31,32)17-8-3-7-16(12-17)33-15-6-2-5-14(11-15)21-18-9-4-10-20(24(25,26)27)22(18)29-13-19(21)23(28)30;1-15-14-28-23-20(10-5-11-21(23)24(25,26)27)22(15)16-6-3-7-17(12-16)31-18-8-4-9-19(13-18)32(2,29)30/h2-13H,1H3,(H2,28,30);3-14H,1-2H3. The molecule has 10 nitrogen and oxygen atoms in total. The third-order valence-corrected chi connectivity index (χ3v) is 12.3. The van der Waals surface area contributed by atoms with E-state index < -0.39 is 49.1 Å². The summed E-state index contributed by atoms with van der Waals surface area (Å²) in [5, 5.41) is 0.485. The first kappa shape index (κ1) is 46.7. The van der Waals surface area contributed by atoms with Gasteiger partial charge in [0.05, 0.1) is 37.5 Å². The molecule has 0 spiro atoms. The van der Waals surface area contributed by atoms with Gasteiger partial charge in [-0.1, -0.05) is 60.7 Å². The molecule has 0 atom stereocenters. The maximum atomic E-state index is 13.5. The number of aryl methyl sites for hydroxylation is 1. The van der Waals surface area contributed by atoms with Gasteiger partial charge in [0.15, 0.2) is 19.7 Å². The number of rotatable bonds is 9. The van der Waals surface area contributed by atoms with E-state index in [2.05, 4.69) is 9.97 Å². The largest absolute Gasteiger partial charge is 0.457 e. The first-order valence-electron chi connectivity index (χ1n) is 19.4. The van der Waals surface area contributed by atoms with E-state index >= 15 is 0 Å². The minimum Gasteiger partial charge on any atom is -0.457 e. The van der Waals surface area contributed by atoms with Gasteiger partial charge in [0.2, 0.25) is 0 Å². The van der Waals surface area contributed by atoms with Crippen molar-refractivity contribution in [3.05, 3.63) is 168 Å². The van der Waals surface area contributed by atoms with E-state index in [4.69, 9.17) is 15.2 Å². The van der Waals surface area contributed by atoms with Crippen LogP contribution >= 0.6 is 0 Å². The van der Waals surface area contributed by atoms with Crippen molar-refractivity contribution in [2.24, 2.45) is 5.73 Å². The van der Waals surface area contributed by atoms with Crippen LogP contribution in [0.1, 0.15) is 27.0 Å². The molecule has 8 rings (SSSR count). The summed E-state index contributed by atoms with van der Waals surface area (Å²) in [5.41, 5.74) is 5.83. The van der Waals surface area contributed by atoms with Crippen LogP contribution in [0.25, 0.3) is 44.1 Å². The number of alkyl halides is 6. The Balaban J connectivity index is 0.000000197. The minimum absolute atomic E-state index is 0.0527. The maximum Gasteiger partial charge on any atom is 0.418 e. The van der Waals surface area contributed by atoms with Crippen LogP contribution in [0.5, 0.6) is 23.0 Å². The number of carbonyl (C=O) groups is 1. The number of primary amides is 1. The first-order chi connectivity index (χ1) is 31.0. The number of para-hydroxylation sites is 2. The summed E-state index contributed by atoms with van der Waals surface area (Å²) < 4.78 is 140. The zero-order valence-corrected chi connectivity index (χ0v) is 36.4. The van der Waals surface area contributed by atoms with Crippen molar-refractivity contribution >= 4 is 47.4 Å². The molecule has 1 amide bonds. The van der Waals surface area contributed by atoms with Crippen molar-refractivity contribution in [3.63, 3.8) is 0 Å². The lowest BCUT2D eigenvalue weighted by Crippen LogP contribution is -2.14. The fraction of sp³-hybridized carbons (Fsp3) is 0.104. The zero-order chi connectivity index (χ0) is 47.8. The van der Waals surface area contributed by atoms with Crippen LogP contribution in [0, 0.1) is 6.92 Å². The fourth-order valence-corrected chi connectivity index (χ4v) is 8.44. The summed E-state index contributed by atoms with van der Waals surface area (Å²) in [5.74, 6) is 0.420. The molecular formula is C48H35F6N3O7S2. The molecule has 338 valence electrons. The van der Waals surface area contributed by atoms with Gasteiger partial charge in [0, 0.05) is 41.2 Å². The van der Waals surface area contributed by atoms with Crippen LogP contribution < -0.4 is 15.2 Å². The summed E-state index contributed by atoms with van der Waals surface area (Å²) in [6.45, 7) is 1.78. The monoisotopic (exact) mass is 943 g/mol. The normalized spacial score (nSPS) is 12.1. The highest BCUT2D eigenvalue weighted by molar-refractivity contribution is 7.91. The molecule has 66 heavy (non-hydrogen) atoms. The Bertz CT molecular complexity index is 3420. The number of hydrogen-bond donors (Lipinski definition) is 1. The number of benzene rings is 6. The van der Waals surface area contributed by atoms with Crippen LogP contribution in [0.15, 0.2) is 156 Å². The van der Waals surface area contributed by atoms with E-state index in [1.165, 1.54) is 60.8 Å². The van der Waals surface area contributed by atoms with Gasteiger partial charge in [-0.2, -0.15) is 26.3 Å². The number of nitrogens with zero attached hydrogens (tertiary/aromatic N) is 2. The Morgan fingerprint density at radius 2 is 0.909 bits per heavy atom. The number of pyridine rings is 2. The molecule has 0 saturated heterocycles. The van der Waals surface area contributed by atoms with Gasteiger partial charge in [-0.3, -0.25) is 14.8 Å². The number of sulfone groups is 2. The van der Waals surface area contributed by atoms with Gasteiger partial charge < -0.3 is 15.2 Å². The van der Waals surface area contributed by atoms with Crippen LogP contribution in [-0.2, 0) is 32.0 Å². The summed E-state index contributed by atoms with van der Waals surface area (Å²) in [4.78, 5) is 20.2. The number of halogens is 6. The number of hydrogen-bond acceptors (Lipinski definition) is 9. The minimum atomic E-state index is -4.65. The average molecular weight is 944 g/mol.